The number of aliphatic carboxylic acids is 1. The second kappa shape index (κ2) is 17.1. The summed E-state index contributed by atoms with van der Waals surface area (Å²) in [4.78, 5) is 44.1. The van der Waals surface area contributed by atoms with E-state index in [-0.39, 0.29) is 12.8 Å². The van der Waals surface area contributed by atoms with Gasteiger partial charge in [0.1, 0.15) is 12.7 Å². The predicted molar refractivity (Wildman–Crippen MR) is 111 cm³/mol. The van der Waals surface area contributed by atoms with E-state index < -0.39 is 57.6 Å². The van der Waals surface area contributed by atoms with Crippen molar-refractivity contribution < 1.29 is 47.8 Å². The summed E-state index contributed by atoms with van der Waals surface area (Å²) in [5, 5.41) is 21.1. The molecule has 0 fully saturated rings. The average Bonchev–Trinajstić information content (AvgIpc) is 2.71. The molecule has 0 aromatic rings. The molecule has 0 bridgehead atoms. The molecule has 0 aromatic carbocycles. The number of aliphatic hydroxyl groups excluding tert-OH is 1. The molecule has 12 heteroatoms. The summed E-state index contributed by atoms with van der Waals surface area (Å²) < 4.78 is 25.9. The van der Waals surface area contributed by atoms with Crippen LogP contribution in [-0.4, -0.2) is 64.9 Å². The number of carboxylic acids is 1. The van der Waals surface area contributed by atoms with Crippen molar-refractivity contribution in [2.24, 2.45) is 0 Å². The molecule has 0 aliphatic carbocycles. The SMILES string of the molecule is CCCCCCC(=O)NC(COP(=O)(O)OCC(O)COC(=O)CCCCC)C(=O)O. The van der Waals surface area contributed by atoms with Crippen LogP contribution >= 0.6 is 7.82 Å². The van der Waals surface area contributed by atoms with Gasteiger partial charge in [-0.1, -0.05) is 46.0 Å². The topological polar surface area (TPSA) is 169 Å². The maximum absolute atomic E-state index is 11.9. The Balaban J connectivity index is 4.27. The van der Waals surface area contributed by atoms with E-state index in [4.69, 9.17) is 9.84 Å². The molecule has 0 spiro atoms. The molecule has 3 unspecified atom stereocenters. The monoisotopic (exact) mass is 469 g/mol. The number of amides is 1. The lowest BCUT2D eigenvalue weighted by Gasteiger charge is -2.18. The fourth-order valence-electron chi connectivity index (χ4n) is 2.37. The van der Waals surface area contributed by atoms with Crippen LogP contribution in [0, 0.1) is 0 Å². The standard InChI is InChI=1S/C19H36NO10P/c1-3-5-7-9-10-17(22)20-16(19(24)25)14-30-31(26,27)29-13-15(21)12-28-18(23)11-8-6-4-2/h15-16,21H,3-14H2,1-2H3,(H,20,22)(H,24,25)(H,26,27). The van der Waals surface area contributed by atoms with E-state index in [1.54, 1.807) is 0 Å². The summed E-state index contributed by atoms with van der Waals surface area (Å²) in [6, 6.07) is -1.53. The third-order valence-corrected chi connectivity index (χ3v) is 5.10. The number of carboxylic acid groups (broad SMARTS) is 1. The highest BCUT2D eigenvalue weighted by molar-refractivity contribution is 7.47. The molecule has 182 valence electrons. The maximum Gasteiger partial charge on any atom is 0.472 e. The molecule has 4 N–H and O–H groups in total. The van der Waals surface area contributed by atoms with Crippen molar-refractivity contribution in [1.82, 2.24) is 5.32 Å². The van der Waals surface area contributed by atoms with Gasteiger partial charge in [0.25, 0.3) is 0 Å². The third kappa shape index (κ3) is 16.8. The number of unbranched alkanes of at least 4 members (excludes halogenated alkanes) is 5. The zero-order chi connectivity index (χ0) is 23.7. The second-order valence-corrected chi connectivity index (χ2v) is 8.58. The van der Waals surface area contributed by atoms with Gasteiger partial charge >= 0.3 is 19.8 Å². The van der Waals surface area contributed by atoms with Crippen LogP contribution in [0.4, 0.5) is 0 Å². The van der Waals surface area contributed by atoms with E-state index in [0.717, 1.165) is 32.1 Å². The smallest absolute Gasteiger partial charge is 0.472 e. The number of rotatable bonds is 19. The van der Waals surface area contributed by atoms with E-state index in [9.17, 15) is 28.9 Å². The number of hydrogen-bond donors (Lipinski definition) is 4. The van der Waals surface area contributed by atoms with Gasteiger partial charge in [-0.25, -0.2) is 9.36 Å². The van der Waals surface area contributed by atoms with Crippen molar-refractivity contribution in [3.8, 4) is 0 Å². The van der Waals surface area contributed by atoms with Crippen molar-refractivity contribution in [2.75, 3.05) is 19.8 Å². The van der Waals surface area contributed by atoms with Crippen LogP contribution < -0.4 is 5.32 Å². The molecule has 3 atom stereocenters. The molecular formula is C19H36NO10P. The van der Waals surface area contributed by atoms with E-state index in [1.807, 2.05) is 13.8 Å². The van der Waals surface area contributed by atoms with Crippen molar-refractivity contribution in [3.63, 3.8) is 0 Å². The number of carbonyl (C=O) groups is 3. The first-order chi connectivity index (χ1) is 14.6. The van der Waals surface area contributed by atoms with Crippen molar-refractivity contribution in [1.29, 1.82) is 0 Å². The summed E-state index contributed by atoms with van der Waals surface area (Å²) in [6.45, 7) is 2.12. The number of hydrogen-bond acceptors (Lipinski definition) is 8. The minimum Gasteiger partial charge on any atom is -0.480 e. The van der Waals surface area contributed by atoms with Crippen molar-refractivity contribution in [2.45, 2.75) is 83.8 Å². The average molecular weight is 469 g/mol. The van der Waals surface area contributed by atoms with Gasteiger partial charge in [0, 0.05) is 12.8 Å². The van der Waals surface area contributed by atoms with Crippen LogP contribution in [0.15, 0.2) is 0 Å². The zero-order valence-electron chi connectivity index (χ0n) is 18.3. The molecule has 1 amide bonds. The molecule has 0 radical (unpaired) electrons. The quantitative estimate of drug-likeness (QED) is 0.125. The Morgan fingerprint density at radius 1 is 0.903 bits per heavy atom. The lowest BCUT2D eigenvalue weighted by molar-refractivity contribution is -0.147. The number of esters is 1. The minimum absolute atomic E-state index is 0.139. The number of phosphoric acid groups is 1. The summed E-state index contributed by atoms with van der Waals surface area (Å²) in [5.41, 5.74) is 0. The first-order valence-corrected chi connectivity index (χ1v) is 12.1. The first-order valence-electron chi connectivity index (χ1n) is 10.6. The van der Waals surface area contributed by atoms with Gasteiger partial charge in [-0.3, -0.25) is 18.6 Å². The van der Waals surface area contributed by atoms with Crippen LogP contribution in [-0.2, 0) is 32.7 Å². The Bertz CT molecular complexity index is 586. The lowest BCUT2D eigenvalue weighted by atomic mass is 10.1. The van der Waals surface area contributed by atoms with Crippen LogP contribution in [0.2, 0.25) is 0 Å². The Morgan fingerprint density at radius 2 is 1.48 bits per heavy atom. The minimum atomic E-state index is -4.70. The van der Waals surface area contributed by atoms with E-state index in [0.29, 0.717) is 12.8 Å². The number of ether oxygens (including phenoxy) is 1. The molecule has 0 aliphatic heterocycles. The number of aliphatic hydroxyl groups is 1. The Labute approximate surface area is 183 Å². The fraction of sp³-hybridized carbons (Fsp3) is 0.842. The van der Waals surface area contributed by atoms with Crippen LogP contribution in [0.3, 0.4) is 0 Å². The predicted octanol–water partition coefficient (Wildman–Crippen LogP) is 2.14. The lowest BCUT2D eigenvalue weighted by Crippen LogP contribution is -2.43. The molecule has 0 rings (SSSR count). The third-order valence-electron chi connectivity index (χ3n) is 4.15. The number of carbonyl (C=O) groups excluding carboxylic acids is 2. The van der Waals surface area contributed by atoms with E-state index in [2.05, 4.69) is 14.4 Å². The summed E-state index contributed by atoms with van der Waals surface area (Å²) in [6.07, 6.45) is 4.89. The van der Waals surface area contributed by atoms with E-state index in [1.165, 1.54) is 0 Å². The molecule has 31 heavy (non-hydrogen) atoms. The van der Waals surface area contributed by atoms with Crippen LogP contribution in [0.5, 0.6) is 0 Å². The Hall–Kier alpha value is -1.52. The highest BCUT2D eigenvalue weighted by Crippen LogP contribution is 2.43. The largest absolute Gasteiger partial charge is 0.480 e. The molecular weight excluding hydrogens is 433 g/mol. The zero-order valence-corrected chi connectivity index (χ0v) is 19.2. The molecule has 0 heterocycles. The molecule has 0 aromatic heterocycles. The van der Waals surface area contributed by atoms with Crippen LogP contribution in [0.25, 0.3) is 0 Å². The van der Waals surface area contributed by atoms with Gasteiger partial charge in [0.2, 0.25) is 5.91 Å². The van der Waals surface area contributed by atoms with Crippen molar-refractivity contribution in [3.05, 3.63) is 0 Å². The van der Waals surface area contributed by atoms with Gasteiger partial charge in [0.05, 0.1) is 13.2 Å². The maximum atomic E-state index is 11.9. The highest BCUT2D eigenvalue weighted by Gasteiger charge is 2.28. The summed E-state index contributed by atoms with van der Waals surface area (Å²) >= 11 is 0. The second-order valence-electron chi connectivity index (χ2n) is 7.12. The van der Waals surface area contributed by atoms with Crippen LogP contribution in [0.1, 0.15) is 71.6 Å². The normalized spacial score (nSPS) is 15.0. The first kappa shape index (κ1) is 29.5. The van der Waals surface area contributed by atoms with E-state index >= 15 is 0 Å². The van der Waals surface area contributed by atoms with Gasteiger partial charge in [-0.2, -0.15) is 0 Å². The molecule has 0 aliphatic rings. The fourth-order valence-corrected chi connectivity index (χ4v) is 3.14. The molecule has 0 saturated carbocycles. The van der Waals surface area contributed by atoms with Gasteiger partial charge in [0.15, 0.2) is 6.04 Å². The molecule has 11 nitrogen and oxygen atoms in total. The van der Waals surface area contributed by atoms with Gasteiger partial charge in [-0.15, -0.1) is 0 Å². The number of nitrogens with one attached hydrogen (secondary N) is 1. The Kier molecular flexibility index (Phi) is 16.2. The van der Waals surface area contributed by atoms with Gasteiger partial charge in [-0.05, 0) is 12.8 Å². The van der Waals surface area contributed by atoms with Crippen molar-refractivity contribution >= 4 is 25.7 Å². The molecule has 0 saturated heterocycles. The number of phosphoric ester groups is 1. The Morgan fingerprint density at radius 3 is 2.10 bits per heavy atom. The van der Waals surface area contributed by atoms with Gasteiger partial charge < -0.3 is 25.2 Å². The highest BCUT2D eigenvalue weighted by atomic mass is 31.2. The summed E-state index contributed by atoms with van der Waals surface area (Å²) in [5.74, 6) is -2.43. The summed E-state index contributed by atoms with van der Waals surface area (Å²) in [7, 11) is -4.70.